The molecule has 1 aromatic rings. The molecule has 0 spiro atoms. The molecule has 0 fully saturated rings. The van der Waals surface area contributed by atoms with Crippen LogP contribution in [0.15, 0.2) is 18.2 Å². The van der Waals surface area contributed by atoms with E-state index in [9.17, 15) is 8.78 Å². The van der Waals surface area contributed by atoms with E-state index in [0.29, 0.717) is 17.7 Å². The first-order chi connectivity index (χ1) is 8.04. The van der Waals surface area contributed by atoms with Crippen molar-refractivity contribution in [1.82, 2.24) is 0 Å². The van der Waals surface area contributed by atoms with Crippen LogP contribution in [0.25, 0.3) is 6.08 Å². The van der Waals surface area contributed by atoms with Gasteiger partial charge in [0, 0.05) is 0 Å². The molecule has 0 aliphatic heterocycles. The second kappa shape index (κ2) is 6.35. The summed E-state index contributed by atoms with van der Waals surface area (Å²) in [7, 11) is 0. The molecule has 0 aliphatic rings. The van der Waals surface area contributed by atoms with Crippen molar-refractivity contribution in [2.45, 2.75) is 26.9 Å². The SMILES string of the molecule is Cc1cc(C=CCCN)cc(C)c1OC(F)F. The lowest BCUT2D eigenvalue weighted by Crippen LogP contribution is -2.05. The van der Waals surface area contributed by atoms with Crippen molar-refractivity contribution in [3.63, 3.8) is 0 Å². The Balaban J connectivity index is 2.93. The van der Waals surface area contributed by atoms with Crippen LogP contribution in [-0.2, 0) is 0 Å². The fourth-order valence-corrected chi connectivity index (χ4v) is 1.67. The van der Waals surface area contributed by atoms with E-state index in [4.69, 9.17) is 5.73 Å². The van der Waals surface area contributed by atoms with Crippen molar-refractivity contribution in [1.29, 1.82) is 0 Å². The zero-order valence-corrected chi connectivity index (χ0v) is 10.0. The Bertz CT molecular complexity index is 379. The highest BCUT2D eigenvalue weighted by Crippen LogP contribution is 2.26. The number of alkyl halides is 2. The standard InChI is InChI=1S/C13H17F2NO/c1-9-7-11(5-3-4-6-16)8-10(2)12(9)17-13(14)15/h3,5,7-8,13H,4,6,16H2,1-2H3. The third-order valence-corrected chi connectivity index (χ3v) is 2.33. The van der Waals surface area contributed by atoms with Crippen molar-refractivity contribution in [3.05, 3.63) is 34.9 Å². The molecule has 0 unspecified atom stereocenters. The van der Waals surface area contributed by atoms with Crippen LogP contribution in [0, 0.1) is 13.8 Å². The predicted octanol–water partition coefficient (Wildman–Crippen LogP) is 3.27. The Morgan fingerprint density at radius 3 is 2.35 bits per heavy atom. The molecule has 0 aliphatic carbocycles. The average Bonchev–Trinajstić information content (AvgIpc) is 2.24. The molecule has 4 heteroatoms. The van der Waals surface area contributed by atoms with E-state index in [2.05, 4.69) is 4.74 Å². The Labute approximate surface area is 100 Å². The molecule has 0 bridgehead atoms. The van der Waals surface area contributed by atoms with E-state index in [1.165, 1.54) is 0 Å². The molecule has 0 radical (unpaired) electrons. The van der Waals surface area contributed by atoms with Crippen LogP contribution >= 0.6 is 0 Å². The Morgan fingerprint density at radius 2 is 1.88 bits per heavy atom. The number of benzene rings is 1. The van der Waals surface area contributed by atoms with Crippen LogP contribution in [0.3, 0.4) is 0 Å². The molecule has 0 aromatic heterocycles. The first-order valence-electron chi connectivity index (χ1n) is 5.47. The normalized spacial score (nSPS) is 11.4. The third kappa shape index (κ3) is 4.15. The van der Waals surface area contributed by atoms with Gasteiger partial charge in [0.15, 0.2) is 0 Å². The van der Waals surface area contributed by atoms with Crippen LogP contribution in [0.2, 0.25) is 0 Å². The minimum atomic E-state index is -2.79. The molecule has 0 heterocycles. The summed E-state index contributed by atoms with van der Waals surface area (Å²) in [5, 5.41) is 0. The number of hydrogen-bond acceptors (Lipinski definition) is 2. The van der Waals surface area contributed by atoms with Gasteiger partial charge in [0.1, 0.15) is 5.75 Å². The zero-order chi connectivity index (χ0) is 12.8. The van der Waals surface area contributed by atoms with E-state index >= 15 is 0 Å². The van der Waals surface area contributed by atoms with Crippen LogP contribution in [0.1, 0.15) is 23.1 Å². The summed E-state index contributed by atoms with van der Waals surface area (Å²) in [5.41, 5.74) is 7.76. The molecule has 1 aromatic carbocycles. The third-order valence-electron chi connectivity index (χ3n) is 2.33. The smallest absolute Gasteiger partial charge is 0.387 e. The van der Waals surface area contributed by atoms with E-state index in [0.717, 1.165) is 12.0 Å². The number of halogens is 2. The highest BCUT2D eigenvalue weighted by atomic mass is 19.3. The summed E-state index contributed by atoms with van der Waals surface area (Å²) in [6.45, 7) is 1.32. The van der Waals surface area contributed by atoms with Crippen molar-refractivity contribution in [3.8, 4) is 5.75 Å². The van der Waals surface area contributed by atoms with Crippen molar-refractivity contribution < 1.29 is 13.5 Å². The number of rotatable bonds is 5. The summed E-state index contributed by atoms with van der Waals surface area (Å²) < 4.78 is 28.8. The lowest BCUT2D eigenvalue weighted by molar-refractivity contribution is -0.0507. The average molecular weight is 241 g/mol. The minimum Gasteiger partial charge on any atom is -0.434 e. The predicted molar refractivity (Wildman–Crippen MR) is 65.3 cm³/mol. The summed E-state index contributed by atoms with van der Waals surface area (Å²) in [5.74, 6) is 0.260. The summed E-state index contributed by atoms with van der Waals surface area (Å²) in [6, 6.07) is 3.63. The number of hydrogen-bond donors (Lipinski definition) is 1. The number of ether oxygens (including phenoxy) is 1. The first kappa shape index (κ1) is 13.6. The molecular formula is C13H17F2NO. The molecule has 1 rings (SSSR count). The van der Waals surface area contributed by atoms with E-state index in [-0.39, 0.29) is 5.75 Å². The van der Waals surface area contributed by atoms with Gasteiger partial charge in [-0.25, -0.2) is 0 Å². The van der Waals surface area contributed by atoms with Gasteiger partial charge in [-0.15, -0.1) is 0 Å². The van der Waals surface area contributed by atoms with E-state index in [1.54, 1.807) is 13.8 Å². The van der Waals surface area contributed by atoms with Gasteiger partial charge in [-0.2, -0.15) is 8.78 Å². The van der Waals surface area contributed by atoms with Crippen LogP contribution < -0.4 is 10.5 Å². The molecule has 2 nitrogen and oxygen atoms in total. The Morgan fingerprint density at radius 1 is 1.29 bits per heavy atom. The lowest BCUT2D eigenvalue weighted by atomic mass is 10.1. The fraction of sp³-hybridized carbons (Fsp3) is 0.385. The van der Waals surface area contributed by atoms with Gasteiger partial charge in [-0.1, -0.05) is 12.2 Å². The highest BCUT2D eigenvalue weighted by molar-refractivity contribution is 5.56. The highest BCUT2D eigenvalue weighted by Gasteiger charge is 2.10. The molecule has 17 heavy (non-hydrogen) atoms. The summed E-state index contributed by atoms with van der Waals surface area (Å²) in [6.07, 6.45) is 4.69. The topological polar surface area (TPSA) is 35.2 Å². The maximum absolute atomic E-state index is 12.2. The van der Waals surface area contributed by atoms with Gasteiger partial charge < -0.3 is 10.5 Å². The zero-order valence-electron chi connectivity index (χ0n) is 10.0. The van der Waals surface area contributed by atoms with Gasteiger partial charge in [0.25, 0.3) is 0 Å². The van der Waals surface area contributed by atoms with Crippen molar-refractivity contribution in [2.75, 3.05) is 6.54 Å². The molecule has 0 saturated carbocycles. The maximum Gasteiger partial charge on any atom is 0.387 e. The van der Waals surface area contributed by atoms with Gasteiger partial charge in [-0.05, 0) is 55.6 Å². The number of aryl methyl sites for hydroxylation is 2. The Kier molecular flexibility index (Phi) is 5.10. The van der Waals surface area contributed by atoms with Gasteiger partial charge in [-0.3, -0.25) is 0 Å². The van der Waals surface area contributed by atoms with Gasteiger partial charge in [0.2, 0.25) is 0 Å². The number of nitrogens with two attached hydrogens (primary N) is 1. The molecule has 2 N–H and O–H groups in total. The molecule has 94 valence electrons. The molecule has 0 saturated heterocycles. The maximum atomic E-state index is 12.2. The minimum absolute atomic E-state index is 0.260. The van der Waals surface area contributed by atoms with Gasteiger partial charge >= 0.3 is 6.61 Å². The fourth-order valence-electron chi connectivity index (χ4n) is 1.67. The molecular weight excluding hydrogens is 224 g/mol. The van der Waals surface area contributed by atoms with Gasteiger partial charge in [0.05, 0.1) is 0 Å². The Hall–Kier alpha value is -1.42. The van der Waals surface area contributed by atoms with Crippen LogP contribution in [-0.4, -0.2) is 13.2 Å². The lowest BCUT2D eigenvalue weighted by Gasteiger charge is -2.12. The molecule has 0 atom stereocenters. The molecule has 0 amide bonds. The second-order valence-electron chi connectivity index (χ2n) is 3.84. The first-order valence-corrected chi connectivity index (χ1v) is 5.47. The quantitative estimate of drug-likeness (QED) is 0.858. The monoisotopic (exact) mass is 241 g/mol. The second-order valence-corrected chi connectivity index (χ2v) is 3.84. The largest absolute Gasteiger partial charge is 0.434 e. The van der Waals surface area contributed by atoms with Crippen molar-refractivity contribution in [2.24, 2.45) is 5.73 Å². The van der Waals surface area contributed by atoms with Crippen LogP contribution in [0.5, 0.6) is 5.75 Å². The summed E-state index contributed by atoms with van der Waals surface area (Å²) >= 11 is 0. The van der Waals surface area contributed by atoms with Crippen LogP contribution in [0.4, 0.5) is 8.78 Å². The summed E-state index contributed by atoms with van der Waals surface area (Å²) in [4.78, 5) is 0. The van der Waals surface area contributed by atoms with E-state index in [1.807, 2.05) is 24.3 Å². The van der Waals surface area contributed by atoms with E-state index < -0.39 is 6.61 Å². The van der Waals surface area contributed by atoms with Crippen molar-refractivity contribution >= 4 is 6.08 Å².